The predicted octanol–water partition coefficient (Wildman–Crippen LogP) is 3.43. The number of hydrazone groups is 1. The zero-order chi connectivity index (χ0) is 22.8. The zero-order valence-electron chi connectivity index (χ0n) is 18.6. The Morgan fingerprint density at radius 1 is 1.12 bits per heavy atom. The average molecular weight is 454 g/mol. The number of amides is 3. The molecular formula is C23H27N5O3S. The van der Waals surface area contributed by atoms with Gasteiger partial charge in [0.15, 0.2) is 5.13 Å². The van der Waals surface area contributed by atoms with E-state index in [1.54, 1.807) is 4.90 Å². The van der Waals surface area contributed by atoms with E-state index in [0.717, 1.165) is 16.8 Å². The van der Waals surface area contributed by atoms with E-state index in [-0.39, 0.29) is 30.1 Å². The van der Waals surface area contributed by atoms with Crippen LogP contribution in [0.15, 0.2) is 28.7 Å². The quantitative estimate of drug-likeness (QED) is 0.767. The Hall–Kier alpha value is -3.07. The molecule has 2 aliphatic rings. The first-order chi connectivity index (χ1) is 15.3. The minimum absolute atomic E-state index is 0.0480. The number of hydrogen-bond donors (Lipinski definition) is 1. The van der Waals surface area contributed by atoms with Crippen molar-refractivity contribution in [2.45, 2.75) is 46.5 Å². The molecule has 1 aromatic heterocycles. The van der Waals surface area contributed by atoms with Gasteiger partial charge in [0.1, 0.15) is 5.71 Å². The third kappa shape index (κ3) is 4.72. The maximum absolute atomic E-state index is 13.1. The lowest BCUT2D eigenvalue weighted by atomic mass is 9.95. The Bertz CT molecular complexity index is 1090. The fourth-order valence-corrected chi connectivity index (χ4v) is 4.68. The van der Waals surface area contributed by atoms with E-state index in [0.29, 0.717) is 48.9 Å². The third-order valence-electron chi connectivity index (χ3n) is 5.87. The topological polar surface area (TPSA) is 95.0 Å². The number of rotatable bonds is 4. The lowest BCUT2D eigenvalue weighted by Gasteiger charge is -2.33. The molecule has 0 bridgehead atoms. The second kappa shape index (κ2) is 9.20. The van der Waals surface area contributed by atoms with Crippen molar-refractivity contribution in [3.8, 4) is 0 Å². The Balaban J connectivity index is 1.40. The van der Waals surface area contributed by atoms with Gasteiger partial charge in [0.2, 0.25) is 11.8 Å². The van der Waals surface area contributed by atoms with Crippen molar-refractivity contribution in [1.29, 1.82) is 0 Å². The summed E-state index contributed by atoms with van der Waals surface area (Å²) in [6.07, 6.45) is 1.77. The fourth-order valence-electron chi connectivity index (χ4n) is 3.99. The molecule has 2 aromatic rings. The number of carbonyl (C=O) groups excluding carboxylic acids is 3. The second-order valence-electron chi connectivity index (χ2n) is 8.39. The molecule has 1 saturated heterocycles. The fraction of sp³-hybridized carbons (Fsp3) is 0.435. The van der Waals surface area contributed by atoms with Crippen LogP contribution < -0.4 is 10.3 Å². The second-order valence-corrected chi connectivity index (χ2v) is 9.25. The normalized spacial score (nSPS) is 17.3. The van der Waals surface area contributed by atoms with E-state index in [9.17, 15) is 14.4 Å². The third-order valence-corrected chi connectivity index (χ3v) is 6.75. The van der Waals surface area contributed by atoms with Crippen molar-refractivity contribution in [3.05, 3.63) is 40.4 Å². The minimum atomic E-state index is -0.151. The summed E-state index contributed by atoms with van der Waals surface area (Å²) in [7, 11) is 0. The number of benzene rings is 1. The van der Waals surface area contributed by atoms with Gasteiger partial charge in [-0.25, -0.2) is 9.99 Å². The maximum Gasteiger partial charge on any atom is 0.270 e. The SMILES string of the molecule is Cc1ccc(C)c(N2N=C(C(=O)N3CCC(C(=O)Nc4nc(C)cs4)CC3)CCC2=O)c1. The molecule has 9 heteroatoms. The van der Waals surface area contributed by atoms with E-state index < -0.39 is 0 Å². The number of aryl methyl sites for hydroxylation is 3. The first-order valence-electron chi connectivity index (χ1n) is 10.8. The van der Waals surface area contributed by atoms with Gasteiger partial charge in [0, 0.05) is 37.2 Å². The Labute approximate surface area is 191 Å². The number of carbonyl (C=O) groups is 3. The molecule has 3 amide bonds. The van der Waals surface area contributed by atoms with Gasteiger partial charge in [-0.15, -0.1) is 11.3 Å². The van der Waals surface area contributed by atoms with Crippen LogP contribution in [0.3, 0.4) is 0 Å². The van der Waals surface area contributed by atoms with Crippen molar-refractivity contribution < 1.29 is 14.4 Å². The summed E-state index contributed by atoms with van der Waals surface area (Å²) >= 11 is 1.41. The molecule has 3 heterocycles. The molecule has 0 aliphatic carbocycles. The molecule has 168 valence electrons. The van der Waals surface area contributed by atoms with Gasteiger partial charge in [-0.1, -0.05) is 12.1 Å². The van der Waals surface area contributed by atoms with Gasteiger partial charge in [-0.2, -0.15) is 5.10 Å². The van der Waals surface area contributed by atoms with Gasteiger partial charge in [0.05, 0.1) is 11.4 Å². The van der Waals surface area contributed by atoms with Crippen LogP contribution >= 0.6 is 11.3 Å². The molecule has 4 rings (SSSR count). The van der Waals surface area contributed by atoms with Gasteiger partial charge >= 0.3 is 0 Å². The highest BCUT2D eigenvalue weighted by Gasteiger charge is 2.32. The standard InChI is InChI=1S/C23H27N5O3S/c1-14-4-5-15(2)19(12-14)28-20(29)7-6-18(26-28)22(31)27-10-8-17(9-11-27)21(30)25-23-24-16(3)13-32-23/h4-5,12-13,17H,6-11H2,1-3H3,(H,24,25,30). The van der Waals surface area contributed by atoms with E-state index in [1.807, 2.05) is 44.4 Å². The zero-order valence-corrected chi connectivity index (χ0v) is 19.4. The summed E-state index contributed by atoms with van der Waals surface area (Å²) in [5, 5.41) is 11.2. The molecule has 2 aliphatic heterocycles. The molecule has 0 saturated carbocycles. The predicted molar refractivity (Wildman–Crippen MR) is 125 cm³/mol. The van der Waals surface area contributed by atoms with E-state index in [2.05, 4.69) is 15.4 Å². The number of likely N-dealkylation sites (tertiary alicyclic amines) is 1. The van der Waals surface area contributed by atoms with Crippen molar-refractivity contribution in [2.75, 3.05) is 23.4 Å². The van der Waals surface area contributed by atoms with Gasteiger partial charge in [-0.05, 0) is 50.8 Å². The highest BCUT2D eigenvalue weighted by molar-refractivity contribution is 7.13. The molecule has 0 spiro atoms. The van der Waals surface area contributed by atoms with Gasteiger partial charge < -0.3 is 10.2 Å². The lowest BCUT2D eigenvalue weighted by Crippen LogP contribution is -2.46. The molecule has 0 atom stereocenters. The van der Waals surface area contributed by atoms with Crippen LogP contribution in [-0.4, -0.2) is 46.4 Å². The van der Waals surface area contributed by atoms with E-state index in [4.69, 9.17) is 0 Å². The molecule has 1 aromatic carbocycles. The van der Waals surface area contributed by atoms with Gasteiger partial charge in [0.25, 0.3) is 5.91 Å². The summed E-state index contributed by atoms with van der Waals surface area (Å²) in [5.41, 5.74) is 3.95. The first kappa shape index (κ1) is 22.1. The summed E-state index contributed by atoms with van der Waals surface area (Å²) < 4.78 is 0. The van der Waals surface area contributed by atoms with Crippen molar-refractivity contribution in [2.24, 2.45) is 11.0 Å². The Morgan fingerprint density at radius 2 is 1.88 bits per heavy atom. The van der Waals surface area contributed by atoms with E-state index in [1.165, 1.54) is 16.3 Å². The van der Waals surface area contributed by atoms with Gasteiger partial charge in [-0.3, -0.25) is 14.4 Å². The number of aromatic nitrogens is 1. The molecule has 8 nitrogen and oxygen atoms in total. The molecule has 32 heavy (non-hydrogen) atoms. The highest BCUT2D eigenvalue weighted by atomic mass is 32.1. The maximum atomic E-state index is 13.1. The minimum Gasteiger partial charge on any atom is -0.337 e. The van der Waals surface area contributed by atoms with Crippen LogP contribution in [0, 0.1) is 26.7 Å². The number of nitrogens with zero attached hydrogens (tertiary/aromatic N) is 4. The van der Waals surface area contributed by atoms with Crippen molar-refractivity contribution >= 4 is 45.6 Å². The number of anilines is 2. The molecule has 1 fully saturated rings. The number of hydrogen-bond acceptors (Lipinski definition) is 6. The summed E-state index contributed by atoms with van der Waals surface area (Å²) in [6.45, 7) is 6.76. The lowest BCUT2D eigenvalue weighted by molar-refractivity contribution is -0.129. The number of piperidine rings is 1. The monoisotopic (exact) mass is 453 g/mol. The van der Waals surface area contributed by atoms with E-state index >= 15 is 0 Å². The highest BCUT2D eigenvalue weighted by Crippen LogP contribution is 2.27. The largest absolute Gasteiger partial charge is 0.337 e. The Morgan fingerprint density at radius 3 is 2.56 bits per heavy atom. The number of thiazole rings is 1. The van der Waals surface area contributed by atoms with Crippen LogP contribution in [-0.2, 0) is 14.4 Å². The molecule has 1 N–H and O–H groups in total. The molecular weight excluding hydrogens is 426 g/mol. The first-order valence-corrected chi connectivity index (χ1v) is 11.7. The summed E-state index contributed by atoms with van der Waals surface area (Å²) in [4.78, 5) is 44.2. The van der Waals surface area contributed by atoms with Crippen LogP contribution in [0.2, 0.25) is 0 Å². The Kier molecular flexibility index (Phi) is 6.36. The van der Waals surface area contributed by atoms with Crippen molar-refractivity contribution in [3.63, 3.8) is 0 Å². The number of nitrogens with one attached hydrogen (secondary N) is 1. The van der Waals surface area contributed by atoms with Crippen LogP contribution in [0.5, 0.6) is 0 Å². The smallest absolute Gasteiger partial charge is 0.270 e. The molecule has 0 radical (unpaired) electrons. The molecule has 0 unspecified atom stereocenters. The average Bonchev–Trinajstić information content (AvgIpc) is 3.20. The summed E-state index contributed by atoms with van der Waals surface area (Å²) in [6, 6.07) is 5.85. The van der Waals surface area contributed by atoms with Crippen LogP contribution in [0.25, 0.3) is 0 Å². The van der Waals surface area contributed by atoms with Crippen LogP contribution in [0.4, 0.5) is 10.8 Å². The van der Waals surface area contributed by atoms with Crippen LogP contribution in [0.1, 0.15) is 42.5 Å². The van der Waals surface area contributed by atoms with Crippen molar-refractivity contribution in [1.82, 2.24) is 9.88 Å². The summed E-state index contributed by atoms with van der Waals surface area (Å²) in [5.74, 6) is -0.456.